The molecule has 0 bridgehead atoms. The Labute approximate surface area is 192 Å². The van der Waals surface area contributed by atoms with Crippen LogP contribution in [0.5, 0.6) is 5.75 Å². The molecule has 1 aromatic carbocycles. The number of aliphatic carboxylic acids is 1. The minimum absolute atomic E-state index is 0.00378. The molecule has 0 aliphatic heterocycles. The third-order valence-corrected chi connectivity index (χ3v) is 6.06. The van der Waals surface area contributed by atoms with Gasteiger partial charge in [0.15, 0.2) is 0 Å². The van der Waals surface area contributed by atoms with Crippen LogP contribution in [0.3, 0.4) is 0 Å². The highest BCUT2D eigenvalue weighted by Gasteiger charge is 2.29. The first kappa shape index (κ1) is 24.2. The van der Waals surface area contributed by atoms with Gasteiger partial charge in [0.05, 0.1) is 28.8 Å². The van der Waals surface area contributed by atoms with E-state index >= 15 is 0 Å². The van der Waals surface area contributed by atoms with Crippen molar-refractivity contribution in [3.63, 3.8) is 0 Å². The van der Waals surface area contributed by atoms with E-state index in [0.717, 1.165) is 25.7 Å². The maximum atomic E-state index is 13.2. The number of halogens is 1. The van der Waals surface area contributed by atoms with E-state index in [0.29, 0.717) is 34.5 Å². The highest BCUT2D eigenvalue weighted by molar-refractivity contribution is 6.32. The van der Waals surface area contributed by atoms with Gasteiger partial charge in [0, 0.05) is 6.54 Å². The van der Waals surface area contributed by atoms with Crippen molar-refractivity contribution in [2.75, 3.05) is 0 Å². The lowest BCUT2D eigenvalue weighted by Crippen LogP contribution is -2.36. The Morgan fingerprint density at radius 2 is 2.00 bits per heavy atom. The predicted molar refractivity (Wildman–Crippen MR) is 123 cm³/mol. The minimum atomic E-state index is -1.10. The second-order valence-corrected chi connectivity index (χ2v) is 9.91. The van der Waals surface area contributed by atoms with E-state index in [4.69, 9.17) is 16.3 Å². The number of carboxylic acids is 1. The van der Waals surface area contributed by atoms with E-state index in [1.54, 1.807) is 36.6 Å². The fraction of sp³-hybridized carbons (Fsp3) is 0.609. The molecule has 9 heteroatoms. The second-order valence-electron chi connectivity index (χ2n) is 9.50. The van der Waals surface area contributed by atoms with Crippen LogP contribution in [0, 0.1) is 11.3 Å². The molecule has 2 N–H and O–H groups in total. The maximum Gasteiger partial charge on any atom is 0.345 e. The number of carboxylic acid groups (broad SMARTS) is 1. The van der Waals surface area contributed by atoms with E-state index in [2.05, 4.69) is 10.1 Å². The zero-order chi connectivity index (χ0) is 23.5. The van der Waals surface area contributed by atoms with Gasteiger partial charge in [0.25, 0.3) is 0 Å². The number of nitrogens with one attached hydrogen (secondary N) is 1. The Kier molecular flexibility index (Phi) is 7.54. The van der Waals surface area contributed by atoms with Crippen molar-refractivity contribution in [2.45, 2.75) is 79.0 Å². The number of ether oxygens (including phenoxy) is 1. The predicted octanol–water partition coefficient (Wildman–Crippen LogP) is 4.34. The third kappa shape index (κ3) is 5.85. The summed E-state index contributed by atoms with van der Waals surface area (Å²) in [5, 5.41) is 13.0. The molecular formula is C23H33ClN4O4. The highest BCUT2D eigenvalue weighted by atomic mass is 35.5. The molecule has 1 heterocycles. The molecule has 0 spiro atoms. The zero-order valence-corrected chi connectivity index (χ0v) is 20.0. The van der Waals surface area contributed by atoms with E-state index in [1.165, 1.54) is 11.1 Å². The molecule has 1 aliphatic carbocycles. The molecule has 0 radical (unpaired) electrons. The van der Waals surface area contributed by atoms with Crippen LogP contribution >= 0.6 is 11.6 Å². The Balaban J connectivity index is 2.02. The van der Waals surface area contributed by atoms with Crippen LogP contribution in [0.4, 0.5) is 5.69 Å². The van der Waals surface area contributed by atoms with E-state index < -0.39 is 11.4 Å². The summed E-state index contributed by atoms with van der Waals surface area (Å²) in [4.78, 5) is 29.4. The largest absolute Gasteiger partial charge is 0.489 e. The number of hydrogen-bond donors (Lipinski definition) is 2. The van der Waals surface area contributed by atoms with Gasteiger partial charge in [-0.15, -0.1) is 0 Å². The van der Waals surface area contributed by atoms with Crippen molar-refractivity contribution in [1.82, 2.24) is 14.3 Å². The van der Waals surface area contributed by atoms with Crippen LogP contribution in [-0.2, 0) is 17.9 Å². The molecule has 0 saturated heterocycles. The van der Waals surface area contributed by atoms with Crippen LogP contribution in [-0.4, -0.2) is 31.5 Å². The standard InChI is InChI=1S/C23H33ClN4O4/c1-15(2)32-19-11-10-17(12-18(19)24)25-21-26-28(14-23(3,4)20(29)30)22(31)27(21)13-16-8-6-5-7-9-16/h10-12,15-16H,5-9,13-14H2,1-4H3,(H,25,26)(H,29,30). The fourth-order valence-electron chi connectivity index (χ4n) is 3.94. The monoisotopic (exact) mass is 464 g/mol. The molecule has 0 unspecified atom stereocenters. The Hall–Kier alpha value is -2.48. The van der Waals surface area contributed by atoms with Gasteiger partial charge in [0.2, 0.25) is 5.62 Å². The molecule has 1 fully saturated rings. The zero-order valence-electron chi connectivity index (χ0n) is 19.2. The molecule has 3 rings (SSSR count). The maximum absolute atomic E-state index is 13.2. The number of aromatic nitrogens is 3. The fourth-order valence-corrected chi connectivity index (χ4v) is 4.16. The van der Waals surface area contributed by atoms with Gasteiger partial charge in [0.1, 0.15) is 5.75 Å². The number of aromatic amines is 1. The first-order valence-corrected chi connectivity index (χ1v) is 11.6. The van der Waals surface area contributed by atoms with Crippen molar-refractivity contribution in [3.8, 4) is 5.75 Å². The van der Waals surface area contributed by atoms with Crippen LogP contribution in [0.15, 0.2) is 28.0 Å². The van der Waals surface area contributed by atoms with Gasteiger partial charge in [-0.3, -0.25) is 14.5 Å². The smallest absolute Gasteiger partial charge is 0.345 e. The van der Waals surface area contributed by atoms with E-state index in [-0.39, 0.29) is 18.3 Å². The summed E-state index contributed by atoms with van der Waals surface area (Å²) >= 11 is 6.36. The van der Waals surface area contributed by atoms with Crippen molar-refractivity contribution in [2.24, 2.45) is 16.3 Å². The van der Waals surface area contributed by atoms with Crippen LogP contribution in [0.2, 0.25) is 5.02 Å². The van der Waals surface area contributed by atoms with Crippen LogP contribution < -0.4 is 16.0 Å². The topological polar surface area (TPSA) is 102 Å². The van der Waals surface area contributed by atoms with E-state index in [1.807, 2.05) is 13.8 Å². The average Bonchev–Trinajstić information content (AvgIpc) is 2.99. The van der Waals surface area contributed by atoms with Gasteiger partial charge in [-0.2, -0.15) is 0 Å². The van der Waals surface area contributed by atoms with Crippen LogP contribution in [0.1, 0.15) is 59.8 Å². The number of nitrogens with zero attached hydrogens (tertiary/aromatic N) is 3. The van der Waals surface area contributed by atoms with Crippen molar-refractivity contribution < 1.29 is 14.6 Å². The minimum Gasteiger partial charge on any atom is -0.489 e. The molecule has 32 heavy (non-hydrogen) atoms. The summed E-state index contributed by atoms with van der Waals surface area (Å²) < 4.78 is 8.64. The van der Waals surface area contributed by atoms with Gasteiger partial charge in [-0.25, -0.2) is 14.5 Å². The number of H-pyrrole nitrogens is 1. The summed E-state index contributed by atoms with van der Waals surface area (Å²) in [6, 6.07) is 5.24. The number of rotatable bonds is 8. The Morgan fingerprint density at radius 1 is 1.31 bits per heavy atom. The van der Waals surface area contributed by atoms with Gasteiger partial charge in [-0.05, 0) is 64.7 Å². The summed E-state index contributed by atoms with van der Waals surface area (Å²) in [5.41, 5.74) is -0.424. The Morgan fingerprint density at radius 3 is 2.59 bits per heavy atom. The summed E-state index contributed by atoms with van der Waals surface area (Å²) in [6.07, 6.45) is 5.70. The number of carbonyl (C=O) groups is 1. The van der Waals surface area contributed by atoms with Crippen molar-refractivity contribution in [3.05, 3.63) is 39.3 Å². The molecule has 8 nitrogen and oxygen atoms in total. The molecule has 2 aromatic rings. The van der Waals surface area contributed by atoms with E-state index in [9.17, 15) is 14.7 Å². The summed E-state index contributed by atoms with van der Waals surface area (Å²) in [6.45, 7) is 7.61. The summed E-state index contributed by atoms with van der Waals surface area (Å²) in [5.74, 6) is 0.00588. The highest BCUT2D eigenvalue weighted by Crippen LogP contribution is 2.29. The van der Waals surface area contributed by atoms with Crippen molar-refractivity contribution in [1.29, 1.82) is 0 Å². The average molecular weight is 465 g/mol. The molecule has 0 atom stereocenters. The van der Waals surface area contributed by atoms with Crippen molar-refractivity contribution >= 4 is 23.3 Å². The lowest BCUT2D eigenvalue weighted by molar-refractivity contribution is -0.147. The SMILES string of the molecule is CC(C)Oc1ccc(/N=c2\[nH]n(CC(C)(C)C(=O)O)c(=O)n2CC2CCCCC2)cc1Cl. The first-order chi connectivity index (χ1) is 15.1. The Bertz CT molecular complexity index is 1070. The normalized spacial score (nSPS) is 16.0. The quantitative estimate of drug-likeness (QED) is 0.606. The molecule has 1 saturated carbocycles. The first-order valence-electron chi connectivity index (χ1n) is 11.2. The number of hydrogen-bond acceptors (Lipinski definition) is 4. The molecule has 176 valence electrons. The van der Waals surface area contributed by atoms with Gasteiger partial charge in [-0.1, -0.05) is 30.9 Å². The van der Waals surface area contributed by atoms with Gasteiger partial charge >= 0.3 is 11.7 Å². The number of benzene rings is 1. The van der Waals surface area contributed by atoms with Crippen LogP contribution in [0.25, 0.3) is 0 Å². The molecule has 0 amide bonds. The molecular weight excluding hydrogens is 432 g/mol. The molecule has 1 aromatic heterocycles. The second kappa shape index (κ2) is 9.98. The molecule has 1 aliphatic rings. The lowest BCUT2D eigenvalue weighted by Gasteiger charge is -2.21. The lowest BCUT2D eigenvalue weighted by atomic mass is 9.89. The van der Waals surface area contributed by atoms with Gasteiger partial charge < -0.3 is 9.84 Å². The third-order valence-electron chi connectivity index (χ3n) is 5.76. The summed E-state index contributed by atoms with van der Waals surface area (Å²) in [7, 11) is 0.